The number of carbonyl (C=O) groups excluding carboxylic acids is 2. The Hall–Kier alpha value is -1.85. The lowest BCUT2D eigenvalue weighted by atomic mass is 9.77. The Kier molecular flexibility index (Phi) is 2.50. The quantitative estimate of drug-likeness (QED) is 0.741. The molecular weight excluding hydrogens is 294 g/mol. The van der Waals surface area contributed by atoms with Crippen LogP contribution in [0.3, 0.4) is 0 Å². The third-order valence-corrected chi connectivity index (χ3v) is 4.73. The van der Waals surface area contributed by atoms with E-state index in [9.17, 15) is 14.7 Å². The van der Waals surface area contributed by atoms with Crippen LogP contribution in [0.15, 0.2) is 36.4 Å². The van der Waals surface area contributed by atoms with Crippen molar-refractivity contribution in [3.8, 4) is 0 Å². The first-order chi connectivity index (χ1) is 10.0. The number of carbonyl (C=O) groups is 2. The van der Waals surface area contributed by atoms with Crippen molar-refractivity contribution >= 4 is 29.2 Å². The molecule has 3 aliphatic rings. The highest BCUT2D eigenvalue weighted by Gasteiger charge is 2.65. The van der Waals surface area contributed by atoms with Crippen molar-refractivity contribution in [2.45, 2.75) is 11.7 Å². The number of carboxylic acids is 1. The summed E-state index contributed by atoms with van der Waals surface area (Å²) in [6.45, 7) is 0.299. The molecule has 1 aromatic carbocycles. The number of amides is 1. The first-order valence-corrected chi connectivity index (χ1v) is 7.05. The number of fused-ring (bicyclic) bond motifs is 1. The molecule has 3 aliphatic heterocycles. The predicted octanol–water partition coefficient (Wildman–Crippen LogP) is 0.376. The van der Waals surface area contributed by atoms with Crippen LogP contribution in [-0.2, 0) is 14.3 Å². The van der Waals surface area contributed by atoms with Gasteiger partial charge in [0.05, 0.1) is 18.6 Å². The number of hydrogen-bond acceptors (Lipinski definition) is 4. The molecule has 0 unspecified atom stereocenters. The zero-order chi connectivity index (χ0) is 14.8. The highest BCUT2D eigenvalue weighted by atomic mass is 35.5. The van der Waals surface area contributed by atoms with E-state index in [1.54, 1.807) is 35.2 Å². The summed E-state index contributed by atoms with van der Waals surface area (Å²) in [5.74, 6) is -3.14. The van der Waals surface area contributed by atoms with Gasteiger partial charge in [0.1, 0.15) is 5.60 Å². The molecule has 6 heteroatoms. The molecule has 4 atom stereocenters. The van der Waals surface area contributed by atoms with E-state index in [0.717, 1.165) is 0 Å². The fourth-order valence-corrected chi connectivity index (χ4v) is 3.81. The fraction of sp³-hybridized carbons (Fsp3) is 0.333. The van der Waals surface area contributed by atoms with Gasteiger partial charge in [-0.15, -0.1) is 0 Å². The van der Waals surface area contributed by atoms with Gasteiger partial charge in [0, 0.05) is 22.6 Å². The number of hydrogen-bond donors (Lipinski definition) is 0. The smallest absolute Gasteiger partial charge is 0.234 e. The lowest BCUT2D eigenvalue weighted by Crippen LogP contribution is -2.45. The Balaban J connectivity index is 1.75. The summed E-state index contributed by atoms with van der Waals surface area (Å²) in [6.07, 6.45) is 2.96. The van der Waals surface area contributed by atoms with E-state index >= 15 is 0 Å². The van der Waals surface area contributed by atoms with E-state index in [-0.39, 0.29) is 5.91 Å². The molecule has 1 amide bonds. The lowest BCUT2D eigenvalue weighted by Gasteiger charge is -2.24. The number of ether oxygens (including phenoxy) is 1. The Labute approximate surface area is 125 Å². The lowest BCUT2D eigenvalue weighted by molar-refractivity contribution is -0.313. The third kappa shape index (κ3) is 1.61. The minimum absolute atomic E-state index is 0.252. The molecule has 3 heterocycles. The van der Waals surface area contributed by atoms with Gasteiger partial charge in [0.25, 0.3) is 0 Å². The maximum atomic E-state index is 12.7. The minimum Gasteiger partial charge on any atom is -0.550 e. The van der Waals surface area contributed by atoms with E-state index in [1.165, 1.54) is 0 Å². The second kappa shape index (κ2) is 4.08. The van der Waals surface area contributed by atoms with E-state index in [4.69, 9.17) is 16.3 Å². The summed E-state index contributed by atoms with van der Waals surface area (Å²) in [7, 11) is 0. The van der Waals surface area contributed by atoms with Crippen LogP contribution in [0.2, 0.25) is 5.02 Å². The summed E-state index contributed by atoms with van der Waals surface area (Å²) in [5, 5.41) is 11.9. The number of rotatable bonds is 2. The molecule has 2 fully saturated rings. The molecule has 21 heavy (non-hydrogen) atoms. The molecule has 2 saturated heterocycles. The molecule has 0 N–H and O–H groups in total. The molecule has 2 bridgehead atoms. The molecule has 5 nitrogen and oxygen atoms in total. The second-order valence-corrected chi connectivity index (χ2v) is 6.06. The highest BCUT2D eigenvalue weighted by Crippen LogP contribution is 2.52. The minimum atomic E-state index is -1.24. The third-order valence-electron chi connectivity index (χ3n) is 4.49. The maximum Gasteiger partial charge on any atom is 0.234 e. The first kappa shape index (κ1) is 12.9. The SMILES string of the molecule is O=C([O-])[C@@H]1[C@@H]2C=C[C@]3(CN(c4cccc(Cl)c4)C(=O)[C@H]13)O2. The number of nitrogens with zero attached hydrogens (tertiary/aromatic N) is 1. The summed E-state index contributed by atoms with van der Waals surface area (Å²) in [6, 6.07) is 6.92. The van der Waals surface area contributed by atoms with E-state index in [1.807, 2.05) is 6.08 Å². The van der Waals surface area contributed by atoms with Gasteiger partial charge >= 0.3 is 0 Å². The number of halogens is 1. The number of aliphatic carboxylic acids is 1. The van der Waals surface area contributed by atoms with Gasteiger partial charge in [-0.2, -0.15) is 0 Å². The number of benzene rings is 1. The molecular formula is C15H11ClNO4-. The van der Waals surface area contributed by atoms with Gasteiger partial charge in [-0.25, -0.2) is 0 Å². The predicted molar refractivity (Wildman–Crippen MR) is 72.5 cm³/mol. The molecule has 4 rings (SSSR count). The molecule has 0 radical (unpaired) electrons. The summed E-state index contributed by atoms with van der Waals surface area (Å²) < 4.78 is 5.78. The second-order valence-electron chi connectivity index (χ2n) is 5.62. The maximum absolute atomic E-state index is 12.7. The van der Waals surface area contributed by atoms with Crippen molar-refractivity contribution in [1.82, 2.24) is 0 Å². The molecule has 1 spiro atoms. The highest BCUT2D eigenvalue weighted by molar-refractivity contribution is 6.31. The zero-order valence-corrected chi connectivity index (χ0v) is 11.6. The van der Waals surface area contributed by atoms with Crippen LogP contribution in [-0.4, -0.2) is 30.1 Å². The van der Waals surface area contributed by atoms with Crippen molar-refractivity contribution in [3.63, 3.8) is 0 Å². The zero-order valence-electron chi connectivity index (χ0n) is 10.9. The van der Waals surface area contributed by atoms with Crippen LogP contribution in [0, 0.1) is 11.8 Å². The van der Waals surface area contributed by atoms with E-state index < -0.39 is 29.5 Å². The molecule has 0 aromatic heterocycles. The van der Waals surface area contributed by atoms with Crippen molar-refractivity contribution in [1.29, 1.82) is 0 Å². The van der Waals surface area contributed by atoms with Gasteiger partial charge < -0.3 is 19.5 Å². The average molecular weight is 305 g/mol. The Morgan fingerprint density at radius 1 is 1.48 bits per heavy atom. The molecule has 0 saturated carbocycles. The largest absolute Gasteiger partial charge is 0.550 e. The van der Waals surface area contributed by atoms with Crippen LogP contribution in [0.4, 0.5) is 5.69 Å². The van der Waals surface area contributed by atoms with Crippen LogP contribution in [0.25, 0.3) is 0 Å². The topological polar surface area (TPSA) is 69.7 Å². The Morgan fingerprint density at radius 3 is 3.00 bits per heavy atom. The number of anilines is 1. The average Bonchev–Trinajstić information content (AvgIpc) is 3.07. The Morgan fingerprint density at radius 2 is 2.29 bits per heavy atom. The molecule has 1 aromatic rings. The van der Waals surface area contributed by atoms with Gasteiger partial charge in [0.15, 0.2) is 0 Å². The monoisotopic (exact) mass is 304 g/mol. The van der Waals surface area contributed by atoms with Crippen LogP contribution >= 0.6 is 11.6 Å². The summed E-state index contributed by atoms with van der Waals surface area (Å²) in [4.78, 5) is 25.6. The fourth-order valence-electron chi connectivity index (χ4n) is 3.63. The van der Waals surface area contributed by atoms with Crippen LogP contribution in [0.5, 0.6) is 0 Å². The van der Waals surface area contributed by atoms with E-state index in [2.05, 4.69) is 0 Å². The standard InChI is InChI=1S/C15H12ClNO4/c16-8-2-1-3-9(6-8)17-7-15-5-4-10(21-15)11(14(19)20)12(15)13(17)18/h1-6,10-12H,7H2,(H,19,20)/p-1/t10-,11+,12-,15+/m0/s1. The van der Waals surface area contributed by atoms with Gasteiger partial charge in [-0.3, -0.25) is 4.79 Å². The van der Waals surface area contributed by atoms with Crippen LogP contribution in [0.1, 0.15) is 0 Å². The van der Waals surface area contributed by atoms with Gasteiger partial charge in [-0.05, 0) is 18.2 Å². The van der Waals surface area contributed by atoms with Crippen molar-refractivity contribution in [3.05, 3.63) is 41.4 Å². The van der Waals surface area contributed by atoms with Crippen molar-refractivity contribution < 1.29 is 19.4 Å². The first-order valence-electron chi connectivity index (χ1n) is 6.67. The van der Waals surface area contributed by atoms with Gasteiger partial charge in [0.2, 0.25) is 5.91 Å². The molecule has 108 valence electrons. The van der Waals surface area contributed by atoms with Crippen molar-refractivity contribution in [2.75, 3.05) is 11.4 Å². The summed E-state index contributed by atoms with van der Waals surface area (Å²) in [5.41, 5.74) is -0.205. The normalized spacial score (nSPS) is 36.3. The van der Waals surface area contributed by atoms with E-state index in [0.29, 0.717) is 17.3 Å². The number of carboxylic acid groups (broad SMARTS) is 1. The summed E-state index contributed by atoms with van der Waals surface area (Å²) >= 11 is 5.96. The van der Waals surface area contributed by atoms with Gasteiger partial charge in [-0.1, -0.05) is 29.8 Å². The molecule has 0 aliphatic carbocycles. The Bertz CT molecular complexity index is 688. The van der Waals surface area contributed by atoms with Crippen molar-refractivity contribution in [2.24, 2.45) is 11.8 Å². The van der Waals surface area contributed by atoms with Crippen LogP contribution < -0.4 is 10.0 Å².